The summed E-state index contributed by atoms with van der Waals surface area (Å²) in [5.41, 5.74) is 1.94. The monoisotopic (exact) mass is 308 g/mol. The minimum absolute atomic E-state index is 0.0610. The molecule has 0 radical (unpaired) electrons. The lowest BCUT2D eigenvalue weighted by Crippen LogP contribution is -2.42. The highest BCUT2D eigenvalue weighted by Crippen LogP contribution is 2.26. The maximum Gasteiger partial charge on any atom is 0.228 e. The molecule has 1 fully saturated rings. The molecule has 1 atom stereocenters. The number of carbonyl (C=O) groups excluding carboxylic acids is 1. The summed E-state index contributed by atoms with van der Waals surface area (Å²) in [6.07, 6.45) is 1.63. The van der Waals surface area contributed by atoms with Gasteiger partial charge in [-0.2, -0.15) is 11.3 Å². The van der Waals surface area contributed by atoms with E-state index in [2.05, 4.69) is 10.4 Å². The first kappa shape index (κ1) is 13.7. The summed E-state index contributed by atoms with van der Waals surface area (Å²) in [6.45, 7) is 1.21. The molecule has 1 N–H and O–H groups in total. The number of aromatic nitrogens is 1. The Hall–Kier alpha value is -1.24. The third-order valence-electron chi connectivity index (χ3n) is 3.40. The van der Waals surface area contributed by atoms with E-state index in [-0.39, 0.29) is 12.0 Å². The van der Waals surface area contributed by atoms with Crippen molar-refractivity contribution in [3.8, 4) is 10.6 Å². The first-order chi connectivity index (χ1) is 9.72. The summed E-state index contributed by atoms with van der Waals surface area (Å²) < 4.78 is 0. The van der Waals surface area contributed by atoms with E-state index in [1.165, 1.54) is 0 Å². The van der Waals surface area contributed by atoms with Gasteiger partial charge in [-0.15, -0.1) is 11.3 Å². The molecule has 2 aromatic rings. The molecule has 0 aromatic carbocycles. The predicted molar refractivity (Wildman–Crippen MR) is 81.0 cm³/mol. The van der Waals surface area contributed by atoms with Gasteiger partial charge in [0.25, 0.3) is 0 Å². The number of carbonyl (C=O) groups is 1. The van der Waals surface area contributed by atoms with Gasteiger partial charge in [0.05, 0.1) is 18.2 Å². The van der Waals surface area contributed by atoms with E-state index in [1.807, 2.05) is 16.8 Å². The molecule has 1 aliphatic heterocycles. The number of hydrogen-bond donors (Lipinski definition) is 1. The zero-order chi connectivity index (χ0) is 13.9. The molecule has 106 valence electrons. The molecule has 3 heterocycles. The Morgan fingerprint density at radius 3 is 3.15 bits per heavy atom. The fourth-order valence-corrected chi connectivity index (χ4v) is 3.89. The standard InChI is InChI=1S/C14H16N2O2S2/c17-12-2-1-4-16(7-12)13(18)6-11-9-20-14(15-11)10-3-5-19-8-10/h3,5,8-9,12,17H,1-2,4,6-7H2/t12-/m0/s1. The summed E-state index contributed by atoms with van der Waals surface area (Å²) in [7, 11) is 0. The third kappa shape index (κ3) is 3.08. The Bertz CT molecular complexity index is 580. The maximum absolute atomic E-state index is 12.2. The van der Waals surface area contributed by atoms with Crippen LogP contribution < -0.4 is 0 Å². The minimum atomic E-state index is -0.371. The van der Waals surface area contributed by atoms with E-state index in [0.29, 0.717) is 13.0 Å². The molecule has 6 heteroatoms. The van der Waals surface area contributed by atoms with Gasteiger partial charge in [-0.1, -0.05) is 0 Å². The second kappa shape index (κ2) is 6.03. The Morgan fingerprint density at radius 1 is 1.50 bits per heavy atom. The zero-order valence-electron chi connectivity index (χ0n) is 11.0. The maximum atomic E-state index is 12.2. The molecular formula is C14H16N2O2S2. The van der Waals surface area contributed by atoms with Crippen LogP contribution in [0.1, 0.15) is 18.5 Å². The molecule has 4 nitrogen and oxygen atoms in total. The smallest absolute Gasteiger partial charge is 0.228 e. The first-order valence-corrected chi connectivity index (χ1v) is 8.47. The number of aliphatic hydroxyl groups is 1. The van der Waals surface area contributed by atoms with Gasteiger partial charge in [0.1, 0.15) is 5.01 Å². The molecule has 1 aliphatic rings. The van der Waals surface area contributed by atoms with Crippen LogP contribution in [0.15, 0.2) is 22.2 Å². The van der Waals surface area contributed by atoms with Crippen molar-refractivity contribution in [3.05, 3.63) is 27.9 Å². The summed E-state index contributed by atoms with van der Waals surface area (Å²) >= 11 is 3.22. The number of rotatable bonds is 3. The molecule has 0 spiro atoms. The molecule has 0 saturated carbocycles. The van der Waals surface area contributed by atoms with Gasteiger partial charge in [0.15, 0.2) is 0 Å². The van der Waals surface area contributed by atoms with Crippen LogP contribution >= 0.6 is 22.7 Å². The van der Waals surface area contributed by atoms with Gasteiger partial charge >= 0.3 is 0 Å². The van der Waals surface area contributed by atoms with Crippen LogP contribution in [0, 0.1) is 0 Å². The van der Waals surface area contributed by atoms with E-state index in [9.17, 15) is 9.90 Å². The number of thiophene rings is 1. The second-order valence-electron chi connectivity index (χ2n) is 4.97. The van der Waals surface area contributed by atoms with Crippen LogP contribution in [0.5, 0.6) is 0 Å². The van der Waals surface area contributed by atoms with Crippen LogP contribution in [-0.2, 0) is 11.2 Å². The molecule has 1 saturated heterocycles. The number of piperidine rings is 1. The lowest BCUT2D eigenvalue weighted by atomic mass is 10.1. The van der Waals surface area contributed by atoms with Crippen LogP contribution in [0.3, 0.4) is 0 Å². The number of nitrogens with zero attached hydrogens (tertiary/aromatic N) is 2. The normalized spacial score (nSPS) is 19.2. The third-order valence-corrected chi connectivity index (χ3v) is 5.02. The van der Waals surface area contributed by atoms with Crippen LogP contribution in [0.4, 0.5) is 0 Å². The number of thiazole rings is 1. The molecule has 0 aliphatic carbocycles. The number of β-amino-alcohol motifs (C(OH)–C–C–N with tert-alkyl or cyclic N) is 1. The van der Waals surface area contributed by atoms with Crippen molar-refractivity contribution in [2.75, 3.05) is 13.1 Å². The van der Waals surface area contributed by atoms with Crippen molar-refractivity contribution < 1.29 is 9.90 Å². The Balaban J connectivity index is 1.64. The van der Waals surface area contributed by atoms with Gasteiger partial charge in [0.2, 0.25) is 5.91 Å². The van der Waals surface area contributed by atoms with E-state index >= 15 is 0 Å². The highest BCUT2D eigenvalue weighted by molar-refractivity contribution is 7.14. The summed E-state index contributed by atoms with van der Waals surface area (Å²) in [6, 6.07) is 2.04. The second-order valence-corrected chi connectivity index (χ2v) is 6.61. The molecule has 0 bridgehead atoms. The van der Waals surface area contributed by atoms with E-state index in [1.54, 1.807) is 27.6 Å². The van der Waals surface area contributed by atoms with Crippen molar-refractivity contribution in [1.82, 2.24) is 9.88 Å². The number of amides is 1. The zero-order valence-corrected chi connectivity index (χ0v) is 12.6. The van der Waals surface area contributed by atoms with E-state index in [0.717, 1.165) is 35.7 Å². The van der Waals surface area contributed by atoms with Crippen molar-refractivity contribution in [1.29, 1.82) is 0 Å². The number of hydrogen-bond acceptors (Lipinski definition) is 5. The Morgan fingerprint density at radius 2 is 2.40 bits per heavy atom. The first-order valence-electron chi connectivity index (χ1n) is 6.65. The fourth-order valence-electron chi connectivity index (χ4n) is 2.35. The molecule has 1 amide bonds. The number of aliphatic hydroxyl groups excluding tert-OH is 1. The van der Waals surface area contributed by atoms with Gasteiger partial charge in [-0.25, -0.2) is 4.98 Å². The van der Waals surface area contributed by atoms with Gasteiger partial charge < -0.3 is 10.0 Å². The lowest BCUT2D eigenvalue weighted by Gasteiger charge is -2.29. The van der Waals surface area contributed by atoms with Crippen molar-refractivity contribution >= 4 is 28.6 Å². The topological polar surface area (TPSA) is 53.4 Å². The van der Waals surface area contributed by atoms with Crippen molar-refractivity contribution in [2.24, 2.45) is 0 Å². The largest absolute Gasteiger partial charge is 0.391 e. The molecule has 3 rings (SSSR count). The SMILES string of the molecule is O=C(Cc1csc(-c2ccsc2)n1)N1CCC[C@H](O)C1. The highest BCUT2D eigenvalue weighted by Gasteiger charge is 2.22. The molecule has 0 unspecified atom stereocenters. The highest BCUT2D eigenvalue weighted by atomic mass is 32.1. The molecular weight excluding hydrogens is 292 g/mol. The van der Waals surface area contributed by atoms with E-state index < -0.39 is 0 Å². The quantitative estimate of drug-likeness (QED) is 0.947. The van der Waals surface area contributed by atoms with Crippen molar-refractivity contribution in [3.63, 3.8) is 0 Å². The summed E-state index contributed by atoms with van der Waals surface area (Å²) in [4.78, 5) is 18.5. The number of likely N-dealkylation sites (tertiary alicyclic amines) is 1. The van der Waals surface area contributed by atoms with Gasteiger partial charge in [-0.3, -0.25) is 4.79 Å². The summed E-state index contributed by atoms with van der Waals surface area (Å²) in [5, 5.41) is 16.6. The predicted octanol–water partition coefficient (Wildman–Crippen LogP) is 2.40. The Kier molecular flexibility index (Phi) is 4.14. The van der Waals surface area contributed by atoms with Crippen LogP contribution in [0.25, 0.3) is 10.6 Å². The minimum Gasteiger partial charge on any atom is -0.391 e. The van der Waals surface area contributed by atoms with Crippen LogP contribution in [-0.4, -0.2) is 40.1 Å². The van der Waals surface area contributed by atoms with E-state index in [4.69, 9.17) is 0 Å². The van der Waals surface area contributed by atoms with Gasteiger partial charge in [-0.05, 0) is 24.3 Å². The fraction of sp³-hybridized carbons (Fsp3) is 0.429. The average molecular weight is 308 g/mol. The summed E-state index contributed by atoms with van der Waals surface area (Å²) in [5.74, 6) is 0.0610. The lowest BCUT2D eigenvalue weighted by molar-refractivity contribution is -0.133. The average Bonchev–Trinajstić information content (AvgIpc) is 3.08. The van der Waals surface area contributed by atoms with Crippen molar-refractivity contribution in [2.45, 2.75) is 25.4 Å². The van der Waals surface area contributed by atoms with Crippen LogP contribution in [0.2, 0.25) is 0 Å². The molecule has 2 aromatic heterocycles. The Labute approximate surface area is 125 Å². The molecule has 20 heavy (non-hydrogen) atoms. The van der Waals surface area contributed by atoms with Gasteiger partial charge in [0, 0.05) is 29.4 Å².